The first-order valence-electron chi connectivity index (χ1n) is 6.60. The van der Waals surface area contributed by atoms with Gasteiger partial charge < -0.3 is 14.8 Å². The van der Waals surface area contributed by atoms with Crippen LogP contribution in [0.25, 0.3) is 11.3 Å². The number of anilines is 1. The van der Waals surface area contributed by atoms with Crippen molar-refractivity contribution in [1.29, 1.82) is 0 Å². The number of benzene rings is 1. The molecule has 0 aliphatic heterocycles. The van der Waals surface area contributed by atoms with Gasteiger partial charge in [-0.3, -0.25) is 0 Å². The smallest absolute Gasteiger partial charge is 0.223 e. The lowest BCUT2D eigenvalue weighted by molar-refractivity contribution is 0.390. The molecule has 5 nitrogen and oxygen atoms in total. The normalized spacial score (nSPS) is 10.3. The second-order valence-corrected chi connectivity index (χ2v) is 5.21. The predicted molar refractivity (Wildman–Crippen MR) is 87.2 cm³/mol. The van der Waals surface area contributed by atoms with Crippen LogP contribution in [0.2, 0.25) is 0 Å². The number of hydrogen-bond acceptors (Lipinski definition) is 5. The van der Waals surface area contributed by atoms with Crippen molar-refractivity contribution >= 4 is 21.9 Å². The van der Waals surface area contributed by atoms with Gasteiger partial charge in [0.15, 0.2) is 0 Å². The van der Waals surface area contributed by atoms with Gasteiger partial charge in [0, 0.05) is 18.3 Å². The summed E-state index contributed by atoms with van der Waals surface area (Å²) in [5.74, 6) is 2.01. The molecule has 0 fully saturated rings. The van der Waals surface area contributed by atoms with Crippen LogP contribution in [0.15, 0.2) is 22.8 Å². The summed E-state index contributed by atoms with van der Waals surface area (Å²) >= 11 is 3.51. The van der Waals surface area contributed by atoms with E-state index in [0.29, 0.717) is 17.4 Å². The number of aromatic nitrogens is 2. The molecule has 6 heteroatoms. The highest BCUT2D eigenvalue weighted by molar-refractivity contribution is 9.10. The topological polar surface area (TPSA) is 56.3 Å². The first kappa shape index (κ1) is 15.6. The molecule has 112 valence electrons. The summed E-state index contributed by atoms with van der Waals surface area (Å²) in [5, 5.41) is 3.12. The average Bonchev–Trinajstić information content (AvgIpc) is 2.49. The summed E-state index contributed by atoms with van der Waals surface area (Å²) in [4.78, 5) is 8.84. The SMILES string of the molecule is CCNc1ncc(C)c(-c2ccc(OC)c(Br)c2OC)n1. The lowest BCUT2D eigenvalue weighted by Crippen LogP contribution is -2.04. The molecule has 1 aromatic heterocycles. The molecule has 21 heavy (non-hydrogen) atoms. The van der Waals surface area contributed by atoms with Crippen molar-refractivity contribution in [3.05, 3.63) is 28.4 Å². The van der Waals surface area contributed by atoms with Crippen LogP contribution in [0, 0.1) is 6.92 Å². The third-order valence-electron chi connectivity index (χ3n) is 3.05. The maximum atomic E-state index is 5.52. The molecule has 0 amide bonds. The minimum absolute atomic E-state index is 0.604. The molecule has 1 N–H and O–H groups in total. The highest BCUT2D eigenvalue weighted by Crippen LogP contribution is 2.42. The zero-order valence-corrected chi connectivity index (χ0v) is 14.1. The maximum Gasteiger partial charge on any atom is 0.223 e. The second kappa shape index (κ2) is 6.76. The number of nitrogens with one attached hydrogen (secondary N) is 1. The van der Waals surface area contributed by atoms with Crippen LogP contribution in [0.1, 0.15) is 12.5 Å². The molecule has 2 rings (SSSR count). The van der Waals surface area contributed by atoms with E-state index in [1.807, 2.05) is 26.0 Å². The first-order chi connectivity index (χ1) is 10.1. The van der Waals surface area contributed by atoms with E-state index in [1.165, 1.54) is 0 Å². The van der Waals surface area contributed by atoms with Gasteiger partial charge in [0.1, 0.15) is 16.0 Å². The van der Waals surface area contributed by atoms with Gasteiger partial charge in [-0.2, -0.15) is 0 Å². The van der Waals surface area contributed by atoms with Crippen LogP contribution in [0.4, 0.5) is 5.95 Å². The molecule has 0 atom stereocenters. The Hall–Kier alpha value is -1.82. The van der Waals surface area contributed by atoms with Gasteiger partial charge >= 0.3 is 0 Å². The molecule has 0 aliphatic carbocycles. The van der Waals surface area contributed by atoms with Gasteiger partial charge in [0.05, 0.1) is 19.9 Å². The fourth-order valence-corrected chi connectivity index (χ4v) is 2.71. The molecule has 0 radical (unpaired) electrons. The van der Waals surface area contributed by atoms with E-state index in [9.17, 15) is 0 Å². The minimum Gasteiger partial charge on any atom is -0.495 e. The molecule has 0 unspecified atom stereocenters. The molecule has 1 aromatic carbocycles. The number of ether oxygens (including phenoxy) is 2. The van der Waals surface area contributed by atoms with Crippen molar-refractivity contribution in [2.45, 2.75) is 13.8 Å². The summed E-state index contributed by atoms with van der Waals surface area (Å²) in [6.07, 6.45) is 1.80. The Balaban J connectivity index is 2.61. The second-order valence-electron chi connectivity index (χ2n) is 4.42. The highest BCUT2D eigenvalue weighted by Gasteiger charge is 2.17. The monoisotopic (exact) mass is 351 g/mol. The van der Waals surface area contributed by atoms with E-state index in [-0.39, 0.29) is 0 Å². The fourth-order valence-electron chi connectivity index (χ4n) is 2.04. The van der Waals surface area contributed by atoms with Gasteiger partial charge in [-0.05, 0) is 47.5 Å². The number of aryl methyl sites for hydroxylation is 1. The lowest BCUT2D eigenvalue weighted by Gasteiger charge is -2.15. The van der Waals surface area contributed by atoms with E-state index >= 15 is 0 Å². The third kappa shape index (κ3) is 3.10. The van der Waals surface area contributed by atoms with Gasteiger partial charge in [0.2, 0.25) is 5.95 Å². The summed E-state index contributed by atoms with van der Waals surface area (Å²) in [6.45, 7) is 4.75. The molecule has 0 spiro atoms. The number of hydrogen-bond donors (Lipinski definition) is 1. The van der Waals surface area contributed by atoms with Crippen LogP contribution in [-0.4, -0.2) is 30.7 Å². The van der Waals surface area contributed by atoms with Crippen molar-refractivity contribution < 1.29 is 9.47 Å². The molecule has 1 heterocycles. The van der Waals surface area contributed by atoms with Crippen LogP contribution in [0.5, 0.6) is 11.5 Å². The Morgan fingerprint density at radius 1 is 1.24 bits per heavy atom. The molecule has 0 saturated carbocycles. The summed E-state index contributed by atoms with van der Waals surface area (Å²) in [5.41, 5.74) is 2.71. The molecule has 0 bridgehead atoms. The summed E-state index contributed by atoms with van der Waals surface area (Å²) in [7, 11) is 3.25. The lowest BCUT2D eigenvalue weighted by atomic mass is 10.1. The molecular weight excluding hydrogens is 334 g/mol. The zero-order chi connectivity index (χ0) is 15.4. The van der Waals surface area contributed by atoms with Crippen LogP contribution in [0.3, 0.4) is 0 Å². The van der Waals surface area contributed by atoms with E-state index in [1.54, 1.807) is 20.4 Å². The Bertz CT molecular complexity index is 647. The number of methoxy groups -OCH3 is 2. The molecular formula is C15H18BrN3O2. The minimum atomic E-state index is 0.604. The van der Waals surface area contributed by atoms with Crippen molar-refractivity contribution in [2.75, 3.05) is 26.1 Å². The Kier molecular flexibility index (Phi) is 5.01. The van der Waals surface area contributed by atoms with E-state index in [4.69, 9.17) is 9.47 Å². The van der Waals surface area contributed by atoms with Crippen molar-refractivity contribution in [3.8, 4) is 22.8 Å². The standard InChI is InChI=1S/C15H18BrN3O2/c1-5-17-15-18-8-9(2)13(19-15)10-6-7-11(20-3)12(16)14(10)21-4/h6-8H,5H2,1-4H3,(H,17,18,19). The average molecular weight is 352 g/mol. The fraction of sp³-hybridized carbons (Fsp3) is 0.333. The van der Waals surface area contributed by atoms with E-state index < -0.39 is 0 Å². The van der Waals surface area contributed by atoms with Crippen molar-refractivity contribution in [2.24, 2.45) is 0 Å². The largest absolute Gasteiger partial charge is 0.495 e. The first-order valence-corrected chi connectivity index (χ1v) is 7.40. The molecule has 2 aromatic rings. The number of nitrogens with zero attached hydrogens (tertiary/aromatic N) is 2. The van der Waals surface area contributed by atoms with Gasteiger partial charge in [-0.1, -0.05) is 0 Å². The number of rotatable bonds is 5. The Morgan fingerprint density at radius 3 is 2.62 bits per heavy atom. The Labute approximate surface area is 132 Å². The zero-order valence-electron chi connectivity index (χ0n) is 12.5. The van der Waals surface area contributed by atoms with Gasteiger partial charge in [0.25, 0.3) is 0 Å². The third-order valence-corrected chi connectivity index (χ3v) is 3.80. The molecule has 0 aliphatic rings. The quantitative estimate of drug-likeness (QED) is 0.890. The summed E-state index contributed by atoms with van der Waals surface area (Å²) in [6, 6.07) is 3.82. The van der Waals surface area contributed by atoms with E-state index in [0.717, 1.165) is 27.8 Å². The predicted octanol–water partition coefficient (Wildman–Crippen LogP) is 3.66. The van der Waals surface area contributed by atoms with E-state index in [2.05, 4.69) is 31.2 Å². The summed E-state index contributed by atoms with van der Waals surface area (Å²) < 4.78 is 11.6. The van der Waals surface area contributed by atoms with Crippen LogP contribution in [-0.2, 0) is 0 Å². The Morgan fingerprint density at radius 2 is 2.00 bits per heavy atom. The molecule has 0 saturated heterocycles. The number of halogens is 1. The van der Waals surface area contributed by atoms with Crippen LogP contribution >= 0.6 is 15.9 Å². The van der Waals surface area contributed by atoms with Crippen molar-refractivity contribution in [1.82, 2.24) is 9.97 Å². The maximum absolute atomic E-state index is 5.52. The highest BCUT2D eigenvalue weighted by atomic mass is 79.9. The van der Waals surface area contributed by atoms with Crippen LogP contribution < -0.4 is 14.8 Å². The van der Waals surface area contributed by atoms with Gasteiger partial charge in [-0.25, -0.2) is 9.97 Å². The van der Waals surface area contributed by atoms with Crippen molar-refractivity contribution in [3.63, 3.8) is 0 Å². The van der Waals surface area contributed by atoms with Gasteiger partial charge in [-0.15, -0.1) is 0 Å².